The lowest BCUT2D eigenvalue weighted by molar-refractivity contribution is -0.149. The van der Waals surface area contributed by atoms with Crippen molar-refractivity contribution in [2.24, 2.45) is 23.1 Å². The molecule has 43 nitrogen and oxygen atoms in total. The van der Waals surface area contributed by atoms with Crippen LogP contribution in [0.25, 0.3) is 21.8 Å². The van der Waals surface area contributed by atoms with Crippen LogP contribution in [0.2, 0.25) is 0 Å². The summed E-state index contributed by atoms with van der Waals surface area (Å²) >= 11 is 0.793. The van der Waals surface area contributed by atoms with Crippen molar-refractivity contribution in [2.45, 2.75) is 241 Å². The van der Waals surface area contributed by atoms with Gasteiger partial charge in [0.15, 0.2) is 5.96 Å². The second-order valence-electron chi connectivity index (χ2n) is 35.3. The number of nitrogens with zero attached hydrogens (tertiary/aromatic N) is 6. The number of amides is 17. The summed E-state index contributed by atoms with van der Waals surface area (Å²) in [5, 5.41) is 61.1. The van der Waals surface area contributed by atoms with Gasteiger partial charge < -0.3 is 125 Å². The number of hydrogen-bond donors (Lipinski definition) is 20. The van der Waals surface area contributed by atoms with Crippen LogP contribution >= 0.6 is 11.8 Å². The van der Waals surface area contributed by atoms with Crippen molar-refractivity contribution in [3.05, 3.63) is 126 Å². The second-order valence-corrected chi connectivity index (χ2v) is 36.3. The van der Waals surface area contributed by atoms with Gasteiger partial charge >= 0.3 is 0 Å². The van der Waals surface area contributed by atoms with E-state index in [1.165, 1.54) is 40.6 Å². The first-order valence-electron chi connectivity index (χ1n) is 45.8. The number of imidazole rings is 1. The number of aromatic nitrogens is 4. The molecule has 738 valence electrons. The van der Waals surface area contributed by atoms with Gasteiger partial charge in [0.1, 0.15) is 84.6 Å². The van der Waals surface area contributed by atoms with Gasteiger partial charge in [-0.3, -0.25) is 86.9 Å². The Hall–Kier alpha value is -13.5. The molecule has 136 heavy (non-hydrogen) atoms. The minimum Gasteiger partial charge on any atom is -0.394 e. The maximum absolute atomic E-state index is 15.8. The number of thioether (sulfide) groups is 1. The second kappa shape index (κ2) is 50.7. The molecule has 6 heterocycles. The van der Waals surface area contributed by atoms with Crippen LogP contribution in [0.1, 0.15) is 146 Å². The molecule has 44 heteroatoms. The Morgan fingerprint density at radius 2 is 1.09 bits per heavy atom. The summed E-state index contributed by atoms with van der Waals surface area (Å²) in [5.41, 5.74) is 20.8. The molecule has 0 spiro atoms. The number of guanidine groups is 1. The first kappa shape index (κ1) is 106. The van der Waals surface area contributed by atoms with E-state index in [0.717, 1.165) is 41.8 Å². The smallest absolute Gasteiger partial charge is 0.246 e. The molecule has 15 atom stereocenters. The van der Waals surface area contributed by atoms with Crippen molar-refractivity contribution < 1.29 is 91.7 Å². The van der Waals surface area contributed by atoms with Crippen LogP contribution in [-0.2, 0) is 107 Å². The predicted octanol–water partition coefficient (Wildman–Crippen LogP) is -2.33. The van der Waals surface area contributed by atoms with E-state index in [9.17, 15) is 53.4 Å². The molecular weight excluding hydrogens is 1780 g/mol. The summed E-state index contributed by atoms with van der Waals surface area (Å²) < 4.78 is 0. The molecule has 23 N–H and O–H groups in total. The zero-order chi connectivity index (χ0) is 99.3. The number of benzene rings is 3. The Morgan fingerprint density at radius 1 is 0.551 bits per heavy atom. The summed E-state index contributed by atoms with van der Waals surface area (Å²) in [7, 11) is 3.96. The first-order valence-corrected chi connectivity index (χ1v) is 47.0. The van der Waals surface area contributed by atoms with E-state index in [0.29, 0.717) is 69.9 Å². The molecule has 0 unspecified atom stereocenters. The fraction of sp³-hybridized carbons (Fsp3) is 0.533. The summed E-state index contributed by atoms with van der Waals surface area (Å²) in [6.45, 7) is 7.94. The number of aliphatic hydroxyl groups is 2. The minimum atomic E-state index is -1.89. The molecule has 3 aliphatic rings. The van der Waals surface area contributed by atoms with E-state index < -0.39 is 235 Å². The normalized spacial score (nSPS) is 24.7. The van der Waals surface area contributed by atoms with Gasteiger partial charge in [0.25, 0.3) is 0 Å². The molecule has 3 saturated heterocycles. The van der Waals surface area contributed by atoms with Gasteiger partial charge in [-0.1, -0.05) is 120 Å². The lowest BCUT2D eigenvalue weighted by Crippen LogP contribution is -2.62. The maximum atomic E-state index is 15.8. The Balaban J connectivity index is 1.10. The van der Waals surface area contributed by atoms with Gasteiger partial charge in [-0.2, -0.15) is 0 Å². The summed E-state index contributed by atoms with van der Waals surface area (Å²) in [4.78, 5) is 270. The molecule has 0 bridgehead atoms. The molecule has 6 aromatic rings. The summed E-state index contributed by atoms with van der Waals surface area (Å²) in [5.74, 6) is -17.5. The van der Waals surface area contributed by atoms with E-state index in [-0.39, 0.29) is 96.1 Å². The van der Waals surface area contributed by atoms with Crippen molar-refractivity contribution in [3.8, 4) is 0 Å². The number of likely N-dealkylation sites (N-methyl/N-ethyl adjacent to an activating group) is 3. The fourth-order valence-corrected chi connectivity index (χ4v) is 17.7. The van der Waals surface area contributed by atoms with E-state index in [1.54, 1.807) is 99.0 Å². The van der Waals surface area contributed by atoms with E-state index in [1.807, 2.05) is 20.8 Å². The zero-order valence-corrected chi connectivity index (χ0v) is 78.9. The number of rotatable bonds is 26. The van der Waals surface area contributed by atoms with Crippen LogP contribution in [0.15, 0.2) is 97.7 Å². The van der Waals surface area contributed by atoms with Gasteiger partial charge in [-0.15, -0.1) is 11.8 Å². The van der Waals surface area contributed by atoms with E-state index >= 15 is 38.4 Å². The van der Waals surface area contributed by atoms with Gasteiger partial charge in [0, 0.05) is 125 Å². The number of hydrogen-bond acceptors (Lipinski definition) is 22. The summed E-state index contributed by atoms with van der Waals surface area (Å²) in [6, 6.07) is -0.605. The van der Waals surface area contributed by atoms with Gasteiger partial charge in [-0.25, -0.2) is 4.98 Å². The molecule has 3 aromatic carbocycles. The number of H-pyrrole nitrogens is 3. The highest BCUT2D eigenvalue weighted by Gasteiger charge is 2.47. The number of carbonyl (C=O) groups is 17. The third kappa shape index (κ3) is 29.5. The number of aryl methyl sites for hydroxylation is 1. The fourth-order valence-electron chi connectivity index (χ4n) is 16.9. The first-order chi connectivity index (χ1) is 64.8. The van der Waals surface area contributed by atoms with E-state index in [2.05, 4.69) is 78.4 Å². The molecule has 9 rings (SSSR count). The van der Waals surface area contributed by atoms with Crippen LogP contribution < -0.4 is 75.7 Å². The van der Waals surface area contributed by atoms with Crippen molar-refractivity contribution in [2.75, 3.05) is 65.4 Å². The number of nitrogens with one attached hydrogen (secondary N) is 15. The maximum Gasteiger partial charge on any atom is 0.246 e. The third-order valence-electron chi connectivity index (χ3n) is 24.5. The molecule has 17 amide bonds. The summed E-state index contributed by atoms with van der Waals surface area (Å²) in [6.07, 6.45) is 3.93. The Morgan fingerprint density at radius 3 is 1.68 bits per heavy atom. The number of nitrogens with two attached hydrogens (primary N) is 3. The molecule has 3 aliphatic heterocycles. The monoisotopic (exact) mass is 1910 g/mol. The van der Waals surface area contributed by atoms with Crippen LogP contribution in [0.3, 0.4) is 0 Å². The molecule has 0 saturated carbocycles. The number of para-hydroxylation sites is 2. The Labute approximate surface area is 791 Å². The van der Waals surface area contributed by atoms with Crippen LogP contribution in [0.4, 0.5) is 0 Å². The number of aromatic amines is 3. The highest BCUT2D eigenvalue weighted by molar-refractivity contribution is 8.00. The van der Waals surface area contributed by atoms with Crippen molar-refractivity contribution in [3.63, 3.8) is 0 Å². The minimum absolute atomic E-state index is 0.00461. The lowest BCUT2D eigenvalue weighted by atomic mass is 10.00. The predicted molar refractivity (Wildman–Crippen MR) is 503 cm³/mol. The lowest BCUT2D eigenvalue weighted by Gasteiger charge is -2.36. The number of fused-ring (bicyclic) bond motifs is 4. The van der Waals surface area contributed by atoms with Gasteiger partial charge in [0.05, 0.1) is 37.8 Å². The SMILES string of the molecule is CCCC[C@H]1C(=O)N(C)[C@@H](CCCC)C(=O)N[C@@H](CCCNC(=N)N)C(=O)N[C@H](C(=O)NCC(N)=O)CSCC(=O)N[C@@H](Cc2ccc(C)cc2)C(=O)N(C)[C@@H](C)C(=O)N[C@@H](CC(N)=O)C(=O)N2CCC[C@H]2C(=O)N[C@@H](Cc2cnc[nH]2)C(=O)N[C@@H](CC(C)C)C(=O)N2C[C@H](O)C[C@H]2C(=O)N[C@@H](Cc2c[nH]c3ccccc23)C(=O)N[C@@H](CO)C(=O)N[C@@H](Cc2c[nH]c3ccccc23)C(=O)N1C. The number of primary amides is 2. The van der Waals surface area contributed by atoms with Crippen LogP contribution in [0, 0.1) is 18.3 Å². The van der Waals surface area contributed by atoms with Crippen molar-refractivity contribution >= 4 is 140 Å². The van der Waals surface area contributed by atoms with Gasteiger partial charge in [0.2, 0.25) is 100 Å². The van der Waals surface area contributed by atoms with Gasteiger partial charge in [-0.05, 0) is 93.5 Å². The average Bonchev–Trinajstić information content (AvgIpc) is 1.53. The average molecular weight is 1910 g/mol. The zero-order valence-electron chi connectivity index (χ0n) is 78.1. The molecule has 0 radical (unpaired) electrons. The third-order valence-corrected chi connectivity index (χ3v) is 25.5. The number of unbranched alkanes of at least 4 members (excludes halogenated alkanes) is 2. The van der Waals surface area contributed by atoms with Crippen molar-refractivity contribution in [1.29, 1.82) is 5.41 Å². The Kier molecular flexibility index (Phi) is 39.6. The Bertz CT molecular complexity index is 5240. The van der Waals surface area contributed by atoms with E-state index in [4.69, 9.17) is 22.6 Å². The molecular formula is C92H130N24O19S. The topological polar surface area (TPSA) is 641 Å². The van der Waals surface area contributed by atoms with Crippen LogP contribution in [-0.4, -0.2) is 317 Å². The standard InChI is InChI=1S/C92H130N24O19S/c1-10-12-25-71-84(128)104-62(24-18-32-98-92(95)96)80(124)111-70(79(123)101-44-76(94)120)47-136-48-77(121)103-66(35-53-30-28-51(5)29-31-53)87(131)112(7)52(6)78(122)107-68(40-75(93)119)89(133)115-33-19-27-72(115)85(129)106-64(38-56-43-97-49-102-56)82(126)108-65(34-50(3)4)90(134)116-45-57(118)39-74(116)86(130)105-63(36-54-41-99-60-22-16-14-20-58(54)60)81(125)110-69(46-117)83(127)109-67(37-55-42-100-61-23-17-15-21-59(55)61)88(132)114(9)73(26-13-11-2)91(135)113(71)8/h14-17,20-23,28-31,41-43,49-50,52,57,62-74,99-100,117-118H,10-13,18-19,24-27,32-40,44-48H2,1-9H3,(H2,93,119)(H2,94,120)(H,97,102)(H,101,123)(H,103,121)(H,104,128)(H,105,130)(H,106,129)(H,107,122)(H,108,126)(H,109,127)(H,110,125)(H,111,124)(H4,95,96,98)/t52-,57+,62-,63-,64-,65-,66-,67-,68-,69-,70-,71-,72-,73-,74-/m0/s1. The highest BCUT2D eigenvalue weighted by atomic mass is 32.2. The molecule has 3 aromatic heterocycles. The molecule has 0 aliphatic carbocycles. The van der Waals surface area contributed by atoms with Crippen molar-refractivity contribution in [1.82, 2.24) is 103 Å². The quantitative estimate of drug-likeness (QED) is 0.0154. The largest absolute Gasteiger partial charge is 0.394 e. The number of carbonyl (C=O) groups excluding carboxylic acids is 17. The number of aliphatic hydroxyl groups excluding tert-OH is 2. The molecule has 3 fully saturated rings. The highest BCUT2D eigenvalue weighted by Crippen LogP contribution is 2.28. The van der Waals surface area contributed by atoms with Crippen LogP contribution in [0.5, 0.6) is 0 Å².